The van der Waals surface area contributed by atoms with Crippen LogP contribution in [0.4, 0.5) is 0 Å². The summed E-state index contributed by atoms with van der Waals surface area (Å²) in [6, 6.07) is 0.359. The van der Waals surface area contributed by atoms with Gasteiger partial charge in [-0.3, -0.25) is 14.7 Å². The summed E-state index contributed by atoms with van der Waals surface area (Å²) in [4.78, 5) is 18.6. The third kappa shape index (κ3) is 3.40. The topological polar surface area (TPSA) is 44.7 Å². The monoisotopic (exact) mass is 235 g/mol. The van der Waals surface area contributed by atoms with Crippen LogP contribution in [0.2, 0.25) is 0 Å². The van der Waals surface area contributed by atoms with Gasteiger partial charge in [0.2, 0.25) is 0 Å². The van der Waals surface area contributed by atoms with Gasteiger partial charge in [0.1, 0.15) is 5.84 Å². The number of nitrogens with zero attached hydrogens (tertiary/aromatic N) is 2. The quantitative estimate of drug-likeness (QED) is 0.790. The van der Waals surface area contributed by atoms with Crippen molar-refractivity contribution in [2.24, 2.45) is 4.99 Å². The fourth-order valence-corrected chi connectivity index (χ4v) is 2.22. The average Bonchev–Trinajstić information content (AvgIpc) is 2.87. The van der Waals surface area contributed by atoms with E-state index in [0.717, 1.165) is 24.5 Å². The van der Waals surface area contributed by atoms with Crippen LogP contribution in [0.1, 0.15) is 26.7 Å². The first kappa shape index (κ1) is 12.3. The first-order valence-electron chi connectivity index (χ1n) is 6.42. The summed E-state index contributed by atoms with van der Waals surface area (Å²) in [5.41, 5.74) is 0.847. The molecule has 0 amide bonds. The molecule has 2 heterocycles. The molecule has 1 fully saturated rings. The molecule has 94 valence electrons. The summed E-state index contributed by atoms with van der Waals surface area (Å²) in [6.07, 6.45) is 4.35. The minimum absolute atomic E-state index is 0.233. The summed E-state index contributed by atoms with van der Waals surface area (Å²) < 4.78 is 0. The largest absolute Gasteiger partial charge is 0.368 e. The molecule has 0 aromatic heterocycles. The second-order valence-electron chi connectivity index (χ2n) is 5.08. The molecule has 0 bridgehead atoms. The molecule has 4 heteroatoms. The van der Waals surface area contributed by atoms with E-state index in [1.54, 1.807) is 0 Å². The third-order valence-electron chi connectivity index (χ3n) is 3.09. The van der Waals surface area contributed by atoms with Crippen molar-refractivity contribution in [2.45, 2.75) is 32.7 Å². The van der Waals surface area contributed by atoms with Gasteiger partial charge in [0.15, 0.2) is 5.78 Å². The lowest BCUT2D eigenvalue weighted by molar-refractivity contribution is -0.116. The number of nitrogens with one attached hydrogen (secondary N) is 1. The van der Waals surface area contributed by atoms with Gasteiger partial charge in [0.25, 0.3) is 0 Å². The number of hydrogen-bond donors (Lipinski definition) is 1. The van der Waals surface area contributed by atoms with Gasteiger partial charge in [0, 0.05) is 11.6 Å². The molecule has 2 aliphatic rings. The number of rotatable bonds is 4. The van der Waals surface area contributed by atoms with Gasteiger partial charge in [-0.2, -0.15) is 0 Å². The van der Waals surface area contributed by atoms with E-state index in [9.17, 15) is 4.79 Å². The zero-order valence-corrected chi connectivity index (χ0v) is 10.7. The van der Waals surface area contributed by atoms with Crippen molar-refractivity contribution in [3.05, 3.63) is 11.6 Å². The van der Waals surface area contributed by atoms with Crippen LogP contribution in [0.3, 0.4) is 0 Å². The number of aliphatic imine (C=N–C) groups is 1. The molecule has 0 aromatic rings. The summed E-state index contributed by atoms with van der Waals surface area (Å²) in [6.45, 7) is 7.38. The van der Waals surface area contributed by atoms with Gasteiger partial charge in [-0.1, -0.05) is 0 Å². The molecule has 0 aromatic carbocycles. The number of carbonyl (C=O) groups excluding carboxylic acids is 1. The molecule has 2 aliphatic heterocycles. The highest BCUT2D eigenvalue weighted by Gasteiger charge is 2.20. The fourth-order valence-electron chi connectivity index (χ4n) is 2.22. The molecule has 1 saturated heterocycles. The molecular formula is C13H21N3O. The highest BCUT2D eigenvalue weighted by molar-refractivity contribution is 6.07. The lowest BCUT2D eigenvalue weighted by atomic mass is 10.1. The van der Waals surface area contributed by atoms with Crippen molar-refractivity contribution in [1.29, 1.82) is 0 Å². The van der Waals surface area contributed by atoms with Gasteiger partial charge < -0.3 is 5.32 Å². The second kappa shape index (κ2) is 5.45. The van der Waals surface area contributed by atoms with Gasteiger partial charge in [-0.15, -0.1) is 0 Å². The van der Waals surface area contributed by atoms with Gasteiger partial charge >= 0.3 is 0 Å². The molecule has 0 atom stereocenters. The van der Waals surface area contributed by atoms with Crippen molar-refractivity contribution < 1.29 is 4.79 Å². The Labute approximate surface area is 103 Å². The van der Waals surface area contributed by atoms with Gasteiger partial charge in [-0.05, 0) is 45.9 Å². The molecule has 0 spiro atoms. The summed E-state index contributed by atoms with van der Waals surface area (Å²) in [5.74, 6) is 1.08. The maximum Gasteiger partial charge on any atom is 0.174 e. The molecule has 1 N–H and O–H groups in total. The Hall–Kier alpha value is -1.16. The number of Topliss-reactive ketones (excluding diaryl/α,β-unsaturated/α-hetero) is 1. The number of hydrogen-bond acceptors (Lipinski definition) is 4. The SMILES string of the molecule is CC(C)NC1=NCC(C(=O)CN2CCCC2)=C1. The Bertz CT molecular complexity index is 352. The maximum absolute atomic E-state index is 12.0. The Balaban J connectivity index is 1.85. The minimum Gasteiger partial charge on any atom is -0.368 e. The van der Waals surface area contributed by atoms with Crippen LogP contribution in [0.5, 0.6) is 0 Å². The smallest absolute Gasteiger partial charge is 0.174 e. The van der Waals surface area contributed by atoms with Crippen LogP contribution in [-0.2, 0) is 4.79 Å². The van der Waals surface area contributed by atoms with Gasteiger partial charge in [-0.25, -0.2) is 0 Å². The van der Waals surface area contributed by atoms with Crippen LogP contribution < -0.4 is 5.32 Å². The summed E-state index contributed by atoms with van der Waals surface area (Å²) in [7, 11) is 0. The van der Waals surface area contributed by atoms with Crippen molar-refractivity contribution in [3.8, 4) is 0 Å². The predicted molar refractivity (Wildman–Crippen MR) is 69.3 cm³/mol. The number of likely N-dealkylation sites (tertiary alicyclic amines) is 1. The molecule has 4 nitrogen and oxygen atoms in total. The van der Waals surface area contributed by atoms with E-state index >= 15 is 0 Å². The van der Waals surface area contributed by atoms with Crippen LogP contribution in [0.15, 0.2) is 16.6 Å². The van der Waals surface area contributed by atoms with Crippen LogP contribution in [-0.4, -0.2) is 48.7 Å². The number of carbonyl (C=O) groups is 1. The van der Waals surface area contributed by atoms with Crippen molar-refractivity contribution in [1.82, 2.24) is 10.2 Å². The van der Waals surface area contributed by atoms with E-state index in [4.69, 9.17) is 0 Å². The fraction of sp³-hybridized carbons (Fsp3) is 0.692. The van der Waals surface area contributed by atoms with E-state index < -0.39 is 0 Å². The zero-order chi connectivity index (χ0) is 12.3. The molecule has 0 unspecified atom stereocenters. The molecule has 17 heavy (non-hydrogen) atoms. The van der Waals surface area contributed by atoms with Crippen LogP contribution in [0.25, 0.3) is 0 Å². The van der Waals surface area contributed by atoms with Crippen LogP contribution in [0, 0.1) is 0 Å². The Morgan fingerprint density at radius 1 is 1.47 bits per heavy atom. The molecule has 2 rings (SSSR count). The van der Waals surface area contributed by atoms with Crippen molar-refractivity contribution in [3.63, 3.8) is 0 Å². The van der Waals surface area contributed by atoms with E-state index in [2.05, 4.69) is 29.1 Å². The average molecular weight is 235 g/mol. The highest BCUT2D eigenvalue weighted by Crippen LogP contribution is 2.11. The minimum atomic E-state index is 0.233. The van der Waals surface area contributed by atoms with Gasteiger partial charge in [0.05, 0.1) is 13.1 Å². The lowest BCUT2D eigenvalue weighted by Crippen LogP contribution is -2.29. The highest BCUT2D eigenvalue weighted by atomic mass is 16.1. The van der Waals surface area contributed by atoms with Crippen molar-refractivity contribution in [2.75, 3.05) is 26.2 Å². The first-order chi connectivity index (χ1) is 8.15. The molecule has 0 saturated carbocycles. The number of ketones is 1. The van der Waals surface area contributed by atoms with Crippen molar-refractivity contribution >= 4 is 11.6 Å². The Morgan fingerprint density at radius 2 is 2.18 bits per heavy atom. The maximum atomic E-state index is 12.0. The van der Waals surface area contributed by atoms with E-state index in [0.29, 0.717) is 19.1 Å². The Kier molecular flexibility index (Phi) is 3.94. The van der Waals surface area contributed by atoms with Crippen LogP contribution >= 0.6 is 0 Å². The molecule has 0 aliphatic carbocycles. The lowest BCUT2D eigenvalue weighted by Gasteiger charge is -2.13. The predicted octanol–water partition coefficient (Wildman–Crippen LogP) is 0.988. The zero-order valence-electron chi connectivity index (χ0n) is 10.7. The normalized spacial score (nSPS) is 20.6. The second-order valence-corrected chi connectivity index (χ2v) is 5.08. The Morgan fingerprint density at radius 3 is 2.82 bits per heavy atom. The van der Waals surface area contributed by atoms with E-state index in [1.165, 1.54) is 12.8 Å². The standard InChI is InChI=1S/C13H21N3O/c1-10(2)15-13-7-11(8-14-13)12(17)9-16-5-3-4-6-16/h7,10H,3-6,8-9H2,1-2H3,(H,14,15). The summed E-state index contributed by atoms with van der Waals surface area (Å²) in [5, 5.41) is 3.23. The van der Waals surface area contributed by atoms with E-state index in [1.807, 2.05) is 6.08 Å². The number of amidine groups is 1. The molecular weight excluding hydrogens is 214 g/mol. The first-order valence-corrected chi connectivity index (χ1v) is 6.42. The summed E-state index contributed by atoms with van der Waals surface area (Å²) >= 11 is 0. The molecule has 0 radical (unpaired) electrons. The van der Waals surface area contributed by atoms with E-state index in [-0.39, 0.29) is 5.78 Å². The third-order valence-corrected chi connectivity index (χ3v) is 3.09.